The molecule has 2 rings (SSSR count). The minimum atomic E-state index is -6.16. The number of hydrogen-bond acceptors (Lipinski definition) is 6. The van der Waals surface area contributed by atoms with Gasteiger partial charge >= 0.3 is 31.3 Å². The molecule has 0 heterocycles. The van der Waals surface area contributed by atoms with Gasteiger partial charge in [-0.15, -0.1) is 0 Å². The van der Waals surface area contributed by atoms with Crippen molar-refractivity contribution >= 4 is 65.4 Å². The van der Waals surface area contributed by atoms with Crippen molar-refractivity contribution in [3.8, 4) is 22.6 Å². The fourth-order valence-electron chi connectivity index (χ4n) is 2.41. The van der Waals surface area contributed by atoms with Crippen molar-refractivity contribution in [1.82, 2.24) is 0 Å². The first kappa shape index (κ1) is 27.2. The zero-order chi connectivity index (χ0) is 24.9. The zero-order valence-electron chi connectivity index (χ0n) is 15.6. The maximum Gasteiger partial charge on any atom is 0.534 e. The highest BCUT2D eigenvalue weighted by Crippen LogP contribution is 2.47. The second-order valence-corrected chi connectivity index (χ2v) is 11.5. The fourth-order valence-corrected chi connectivity index (χ4v) is 4.80. The number of benzene rings is 2. The third-order valence-electron chi connectivity index (χ3n) is 3.84. The van der Waals surface area contributed by atoms with E-state index in [1.54, 1.807) is 0 Å². The average molecular weight is 730 g/mol. The van der Waals surface area contributed by atoms with Gasteiger partial charge in [0, 0.05) is 11.1 Å². The van der Waals surface area contributed by atoms with E-state index in [1.165, 1.54) is 83.3 Å². The summed E-state index contributed by atoms with van der Waals surface area (Å²) in [7, 11) is -12.3. The van der Waals surface area contributed by atoms with Crippen molar-refractivity contribution in [2.24, 2.45) is 0 Å². The smallest absolute Gasteiger partial charge is 0.374 e. The molecule has 0 N–H and O–H groups in total. The van der Waals surface area contributed by atoms with Gasteiger partial charge in [-0.1, -0.05) is 12.1 Å². The summed E-state index contributed by atoms with van der Waals surface area (Å²) in [6, 6.07) is 5.12. The monoisotopic (exact) mass is 730 g/mol. The van der Waals surface area contributed by atoms with Crippen molar-refractivity contribution in [1.29, 1.82) is 0 Å². The van der Waals surface area contributed by atoms with E-state index in [1.807, 2.05) is 0 Å². The standard InChI is InChI=1S/C16H10F6I2O6S2/c1-7-3-5-9(23)13(29-31(25,26)15(17,18)19)11(7)12-8(2)4-6-10(24)14(12)30-32(27,28)16(20,21)22/h3-6H,1-2H3. The predicted molar refractivity (Wildman–Crippen MR) is 118 cm³/mol. The summed E-state index contributed by atoms with van der Waals surface area (Å²) in [4.78, 5) is 0. The van der Waals surface area contributed by atoms with Gasteiger partial charge in [-0.25, -0.2) is 0 Å². The highest BCUT2D eigenvalue weighted by molar-refractivity contribution is 14.1. The molecule has 178 valence electrons. The molecule has 0 unspecified atom stereocenters. The Morgan fingerprint density at radius 1 is 0.656 bits per heavy atom. The van der Waals surface area contributed by atoms with Gasteiger partial charge in [0.25, 0.3) is 0 Å². The van der Waals surface area contributed by atoms with Crippen LogP contribution in [-0.4, -0.2) is 27.9 Å². The lowest BCUT2D eigenvalue weighted by Gasteiger charge is -2.21. The number of hydrogen-bond donors (Lipinski definition) is 0. The molecule has 0 aliphatic carbocycles. The van der Waals surface area contributed by atoms with Crippen molar-refractivity contribution in [3.63, 3.8) is 0 Å². The first-order valence-electron chi connectivity index (χ1n) is 7.90. The van der Waals surface area contributed by atoms with Crippen LogP contribution < -0.4 is 8.37 Å². The molecule has 0 aliphatic rings. The molecule has 0 saturated carbocycles. The van der Waals surface area contributed by atoms with Crippen LogP contribution in [-0.2, 0) is 20.2 Å². The molecule has 32 heavy (non-hydrogen) atoms. The molecule has 2 aromatic rings. The molecular weight excluding hydrogens is 720 g/mol. The van der Waals surface area contributed by atoms with Gasteiger partial charge in [0.1, 0.15) is 0 Å². The van der Waals surface area contributed by atoms with Gasteiger partial charge in [-0.2, -0.15) is 43.2 Å². The van der Waals surface area contributed by atoms with Crippen molar-refractivity contribution in [3.05, 3.63) is 42.5 Å². The predicted octanol–water partition coefficient (Wildman–Crippen LogP) is 5.64. The summed E-state index contributed by atoms with van der Waals surface area (Å²) in [5.74, 6) is -1.69. The van der Waals surface area contributed by atoms with E-state index < -0.39 is 42.8 Å². The molecular formula is C16H10F6I2O6S2. The van der Waals surface area contributed by atoms with Crippen molar-refractivity contribution in [2.75, 3.05) is 0 Å². The first-order valence-corrected chi connectivity index (χ1v) is 12.9. The third-order valence-corrected chi connectivity index (χ3v) is 7.44. The highest BCUT2D eigenvalue weighted by Gasteiger charge is 2.50. The number of aryl methyl sites for hydroxylation is 2. The summed E-state index contributed by atoms with van der Waals surface area (Å²) in [5, 5.41) is 0. The molecule has 6 nitrogen and oxygen atoms in total. The summed E-state index contributed by atoms with van der Waals surface area (Å²) >= 11 is 2.95. The Kier molecular flexibility index (Phi) is 7.63. The minimum absolute atomic E-state index is 0.0807. The average Bonchev–Trinajstić information content (AvgIpc) is 2.61. The van der Waals surface area contributed by atoms with Crippen LogP contribution in [0, 0.1) is 21.0 Å². The first-order chi connectivity index (χ1) is 14.3. The van der Waals surface area contributed by atoms with Crippen LogP contribution in [0.25, 0.3) is 11.1 Å². The highest BCUT2D eigenvalue weighted by atomic mass is 127. The molecule has 0 bridgehead atoms. The van der Waals surface area contributed by atoms with Crippen LogP contribution >= 0.6 is 45.2 Å². The molecule has 0 saturated heterocycles. The third kappa shape index (κ3) is 5.37. The lowest BCUT2D eigenvalue weighted by molar-refractivity contribution is -0.0505. The van der Waals surface area contributed by atoms with Crippen LogP contribution in [0.15, 0.2) is 24.3 Å². The van der Waals surface area contributed by atoms with E-state index in [2.05, 4.69) is 8.37 Å². The van der Waals surface area contributed by atoms with Crippen LogP contribution in [0.1, 0.15) is 11.1 Å². The van der Waals surface area contributed by atoms with E-state index in [0.29, 0.717) is 0 Å². The van der Waals surface area contributed by atoms with E-state index >= 15 is 0 Å². The van der Waals surface area contributed by atoms with E-state index in [9.17, 15) is 43.2 Å². The van der Waals surface area contributed by atoms with E-state index in [0.717, 1.165) is 0 Å². The molecule has 2 aromatic carbocycles. The van der Waals surface area contributed by atoms with Crippen molar-refractivity contribution < 1.29 is 51.5 Å². The molecule has 0 atom stereocenters. The van der Waals surface area contributed by atoms with Gasteiger partial charge in [-0.3, -0.25) is 0 Å². The Hall–Kier alpha value is -1.02. The Morgan fingerprint density at radius 2 is 0.938 bits per heavy atom. The molecule has 0 amide bonds. The van der Waals surface area contributed by atoms with Gasteiger partial charge < -0.3 is 8.37 Å². The molecule has 0 aliphatic heterocycles. The zero-order valence-corrected chi connectivity index (χ0v) is 21.5. The van der Waals surface area contributed by atoms with Crippen molar-refractivity contribution in [2.45, 2.75) is 24.9 Å². The normalized spacial score (nSPS) is 13.2. The van der Waals surface area contributed by atoms with Gasteiger partial charge in [0.05, 0.1) is 7.14 Å². The van der Waals surface area contributed by atoms with E-state index in [4.69, 9.17) is 0 Å². The lowest BCUT2D eigenvalue weighted by Crippen LogP contribution is -2.29. The van der Waals surface area contributed by atoms with Gasteiger partial charge in [0.2, 0.25) is 0 Å². The topological polar surface area (TPSA) is 86.7 Å². The molecule has 0 fully saturated rings. The van der Waals surface area contributed by atoms with Crippen LogP contribution in [0.5, 0.6) is 11.5 Å². The number of rotatable bonds is 5. The maximum atomic E-state index is 12.9. The van der Waals surface area contributed by atoms with E-state index in [-0.39, 0.29) is 29.4 Å². The summed E-state index contributed by atoms with van der Waals surface area (Å²) < 4.78 is 132. The Labute approximate surface area is 205 Å². The minimum Gasteiger partial charge on any atom is -0.374 e. The summed E-state index contributed by atoms with van der Waals surface area (Å²) in [6.07, 6.45) is 0. The van der Waals surface area contributed by atoms with Crippen LogP contribution in [0.2, 0.25) is 0 Å². The number of halogens is 8. The SMILES string of the molecule is Cc1ccc(I)c(OS(=O)(=O)C(F)(F)F)c1-c1c(C)ccc(I)c1OS(=O)(=O)C(F)(F)F. The summed E-state index contributed by atoms with van der Waals surface area (Å²) in [5.41, 5.74) is -12.2. The second kappa shape index (κ2) is 8.97. The Balaban J connectivity index is 2.91. The fraction of sp³-hybridized carbons (Fsp3) is 0.250. The maximum absolute atomic E-state index is 12.9. The lowest BCUT2D eigenvalue weighted by atomic mass is 9.95. The number of alkyl halides is 6. The molecule has 0 aromatic heterocycles. The Bertz CT molecular complexity index is 1170. The van der Waals surface area contributed by atoms with Crippen LogP contribution in [0.3, 0.4) is 0 Å². The van der Waals surface area contributed by atoms with Gasteiger partial charge in [0.15, 0.2) is 11.5 Å². The summed E-state index contributed by atoms with van der Waals surface area (Å²) in [6.45, 7) is 2.64. The molecule has 16 heteroatoms. The van der Waals surface area contributed by atoms with Crippen LogP contribution in [0.4, 0.5) is 26.3 Å². The second-order valence-electron chi connectivity index (χ2n) is 6.10. The largest absolute Gasteiger partial charge is 0.534 e. The molecule has 0 radical (unpaired) electrons. The molecule has 0 spiro atoms. The van der Waals surface area contributed by atoms with Gasteiger partial charge in [-0.05, 0) is 82.3 Å². The Morgan fingerprint density at radius 3 is 1.19 bits per heavy atom. The quantitative estimate of drug-likeness (QED) is 0.172.